The molecular weight excluding hydrogens is 703 g/mol. The van der Waals surface area contributed by atoms with Crippen LogP contribution in [-0.2, 0) is 0 Å². The average Bonchev–Trinajstić information content (AvgIpc) is 3.82. The molecule has 11 aromatic rings. The maximum absolute atomic E-state index is 2.39. The summed E-state index contributed by atoms with van der Waals surface area (Å²) in [5, 5.41) is 7.81. The van der Waals surface area contributed by atoms with Gasteiger partial charge in [0.1, 0.15) is 0 Å². The van der Waals surface area contributed by atoms with Crippen LogP contribution in [0.25, 0.3) is 84.5 Å². The van der Waals surface area contributed by atoms with E-state index in [1.165, 1.54) is 84.5 Å². The molecule has 0 bridgehead atoms. The van der Waals surface area contributed by atoms with E-state index >= 15 is 0 Å². The van der Waals surface area contributed by atoms with E-state index in [1.54, 1.807) is 0 Å². The molecule has 0 amide bonds. The Bertz CT molecular complexity index is 3200. The number of fused-ring (bicyclic) bond motifs is 7. The van der Waals surface area contributed by atoms with E-state index in [4.69, 9.17) is 0 Å². The van der Waals surface area contributed by atoms with Crippen LogP contribution in [0.15, 0.2) is 200 Å². The highest BCUT2D eigenvalue weighted by atomic mass is 32.1. The molecule has 0 N–H and O–H groups in total. The molecule has 2 aromatic heterocycles. The van der Waals surface area contributed by atoms with Gasteiger partial charge in [-0.25, -0.2) is 0 Å². The Morgan fingerprint density at radius 2 is 0.855 bits per heavy atom. The maximum Gasteiger partial charge on any atom is 0.0467 e. The SMILES string of the molecule is c1cc(-c2cccc3ccccc23)cc(N(c2ccc(-c3ccc4c(c3)sc3ccccc34)cc2)c2ccc(-c3cccc4sc5ccccc5c34)cc2)c1. The third kappa shape index (κ3) is 5.51. The topological polar surface area (TPSA) is 3.24 Å². The number of rotatable bonds is 6. The molecule has 0 saturated carbocycles. The lowest BCUT2D eigenvalue weighted by molar-refractivity contribution is 1.28. The second-order valence-electron chi connectivity index (χ2n) is 14.1. The van der Waals surface area contributed by atoms with Crippen molar-refractivity contribution >= 4 is 90.9 Å². The van der Waals surface area contributed by atoms with Crippen molar-refractivity contribution in [2.75, 3.05) is 4.90 Å². The van der Waals surface area contributed by atoms with E-state index in [0.717, 1.165) is 17.1 Å². The van der Waals surface area contributed by atoms with Crippen molar-refractivity contribution in [3.63, 3.8) is 0 Å². The third-order valence-corrected chi connectivity index (χ3v) is 13.2. The van der Waals surface area contributed by atoms with Gasteiger partial charge in [-0.2, -0.15) is 0 Å². The van der Waals surface area contributed by atoms with E-state index in [1.807, 2.05) is 22.7 Å². The second kappa shape index (κ2) is 13.1. The molecule has 1 nitrogen and oxygen atoms in total. The fraction of sp³-hybridized carbons (Fsp3) is 0. The van der Waals surface area contributed by atoms with Gasteiger partial charge in [-0.1, -0.05) is 140 Å². The zero-order valence-corrected chi connectivity index (χ0v) is 31.4. The van der Waals surface area contributed by atoms with Gasteiger partial charge in [0.05, 0.1) is 0 Å². The highest BCUT2D eigenvalue weighted by Crippen LogP contribution is 2.43. The summed E-state index contributed by atoms with van der Waals surface area (Å²) >= 11 is 3.73. The Morgan fingerprint density at radius 3 is 1.67 bits per heavy atom. The van der Waals surface area contributed by atoms with Crippen LogP contribution in [0.3, 0.4) is 0 Å². The fourth-order valence-electron chi connectivity index (χ4n) is 8.25. The molecule has 55 heavy (non-hydrogen) atoms. The first-order chi connectivity index (χ1) is 27.2. The summed E-state index contributed by atoms with van der Waals surface area (Å²) in [6, 6.07) is 73.4. The van der Waals surface area contributed by atoms with Gasteiger partial charge in [-0.15, -0.1) is 22.7 Å². The minimum absolute atomic E-state index is 1.11. The molecule has 0 spiro atoms. The molecule has 3 heteroatoms. The Morgan fingerprint density at radius 1 is 0.291 bits per heavy atom. The highest BCUT2D eigenvalue weighted by molar-refractivity contribution is 7.26. The molecule has 0 aliphatic rings. The van der Waals surface area contributed by atoms with Gasteiger partial charge < -0.3 is 4.90 Å². The van der Waals surface area contributed by atoms with Gasteiger partial charge in [0.2, 0.25) is 0 Å². The van der Waals surface area contributed by atoms with Crippen LogP contribution >= 0.6 is 22.7 Å². The van der Waals surface area contributed by atoms with Crippen molar-refractivity contribution in [1.29, 1.82) is 0 Å². The lowest BCUT2D eigenvalue weighted by Crippen LogP contribution is -2.10. The smallest absolute Gasteiger partial charge is 0.0467 e. The van der Waals surface area contributed by atoms with E-state index in [9.17, 15) is 0 Å². The predicted octanol–water partition coefficient (Wildman–Crippen LogP) is 16.0. The molecule has 0 atom stereocenters. The average molecular weight is 736 g/mol. The molecule has 258 valence electrons. The Kier molecular flexibility index (Phi) is 7.61. The minimum atomic E-state index is 1.11. The van der Waals surface area contributed by atoms with E-state index in [2.05, 4.69) is 205 Å². The van der Waals surface area contributed by atoms with Gasteiger partial charge in [0.25, 0.3) is 0 Å². The number of anilines is 3. The van der Waals surface area contributed by atoms with E-state index in [-0.39, 0.29) is 0 Å². The first-order valence-electron chi connectivity index (χ1n) is 18.7. The van der Waals surface area contributed by atoms with Gasteiger partial charge in [0.15, 0.2) is 0 Å². The Balaban J connectivity index is 1.02. The quantitative estimate of drug-likeness (QED) is 0.164. The van der Waals surface area contributed by atoms with Crippen LogP contribution in [0, 0.1) is 0 Å². The summed E-state index contributed by atoms with van der Waals surface area (Å²) in [5.41, 5.74) is 10.7. The number of thiophene rings is 2. The van der Waals surface area contributed by atoms with Gasteiger partial charge >= 0.3 is 0 Å². The Hall–Kier alpha value is -6.52. The summed E-state index contributed by atoms with van der Waals surface area (Å²) in [6.07, 6.45) is 0. The second-order valence-corrected chi connectivity index (χ2v) is 16.3. The first-order valence-corrected chi connectivity index (χ1v) is 20.3. The third-order valence-electron chi connectivity index (χ3n) is 10.9. The van der Waals surface area contributed by atoms with Gasteiger partial charge in [-0.05, 0) is 105 Å². The standard InChI is InChI=1S/C52H33NS2/c1-2-14-42-35(10-1)11-8-17-43(42)38-12-7-13-41(32-38)53(39-27-22-34(23-28-39)37-26-31-46-45-15-3-5-19-48(45)55-51(46)33-37)40-29-24-36(25-30-40)44-18-9-21-50-52(44)47-16-4-6-20-49(47)54-50/h1-33H. The molecule has 0 aliphatic carbocycles. The molecule has 0 saturated heterocycles. The van der Waals surface area contributed by atoms with Crippen LogP contribution in [0.4, 0.5) is 17.1 Å². The molecular formula is C52H33NS2. The predicted molar refractivity (Wildman–Crippen MR) is 241 cm³/mol. The van der Waals surface area contributed by atoms with Crippen LogP contribution in [0.5, 0.6) is 0 Å². The Labute approximate surface area is 327 Å². The van der Waals surface area contributed by atoms with Crippen LogP contribution in [0.1, 0.15) is 0 Å². The lowest BCUT2D eigenvalue weighted by atomic mass is 9.97. The largest absolute Gasteiger partial charge is 0.310 e. The van der Waals surface area contributed by atoms with E-state index < -0.39 is 0 Å². The van der Waals surface area contributed by atoms with Crippen molar-refractivity contribution in [1.82, 2.24) is 0 Å². The van der Waals surface area contributed by atoms with Gasteiger partial charge in [0, 0.05) is 57.4 Å². The molecule has 2 heterocycles. The molecule has 0 aliphatic heterocycles. The van der Waals surface area contributed by atoms with Gasteiger partial charge in [-0.3, -0.25) is 0 Å². The normalized spacial score (nSPS) is 11.6. The van der Waals surface area contributed by atoms with Crippen molar-refractivity contribution < 1.29 is 0 Å². The van der Waals surface area contributed by atoms with Crippen molar-refractivity contribution in [2.24, 2.45) is 0 Å². The summed E-state index contributed by atoms with van der Waals surface area (Å²) in [7, 11) is 0. The van der Waals surface area contributed by atoms with Crippen molar-refractivity contribution in [3.8, 4) is 33.4 Å². The molecule has 9 aromatic carbocycles. The number of hydrogen-bond donors (Lipinski definition) is 0. The fourth-order valence-corrected chi connectivity index (χ4v) is 10.5. The summed E-state index contributed by atoms with van der Waals surface area (Å²) < 4.78 is 5.30. The maximum atomic E-state index is 2.39. The van der Waals surface area contributed by atoms with Crippen molar-refractivity contribution in [3.05, 3.63) is 200 Å². The summed E-state index contributed by atoms with van der Waals surface area (Å²) in [4.78, 5) is 2.39. The molecule has 0 unspecified atom stereocenters. The van der Waals surface area contributed by atoms with E-state index in [0.29, 0.717) is 0 Å². The first kappa shape index (κ1) is 32.0. The van der Waals surface area contributed by atoms with Crippen molar-refractivity contribution in [2.45, 2.75) is 0 Å². The number of hydrogen-bond acceptors (Lipinski definition) is 3. The lowest BCUT2D eigenvalue weighted by Gasteiger charge is -2.26. The van der Waals surface area contributed by atoms with Crippen LogP contribution in [-0.4, -0.2) is 0 Å². The monoisotopic (exact) mass is 735 g/mol. The number of benzene rings is 9. The summed E-state index contributed by atoms with van der Waals surface area (Å²) in [6.45, 7) is 0. The molecule has 0 radical (unpaired) electrons. The highest BCUT2D eigenvalue weighted by Gasteiger charge is 2.17. The number of nitrogens with zero attached hydrogens (tertiary/aromatic N) is 1. The minimum Gasteiger partial charge on any atom is -0.310 e. The van der Waals surface area contributed by atoms with Crippen LogP contribution < -0.4 is 4.90 Å². The van der Waals surface area contributed by atoms with Crippen LogP contribution in [0.2, 0.25) is 0 Å². The molecule has 0 fully saturated rings. The molecule has 11 rings (SSSR count). The summed E-state index contributed by atoms with van der Waals surface area (Å²) in [5.74, 6) is 0. The zero-order chi connectivity index (χ0) is 36.3. The zero-order valence-electron chi connectivity index (χ0n) is 29.8.